The molecule has 0 fully saturated rings. The van der Waals surface area contributed by atoms with Gasteiger partial charge < -0.3 is 14.8 Å². The summed E-state index contributed by atoms with van der Waals surface area (Å²) >= 11 is 1.77. The Labute approximate surface area is 118 Å². The van der Waals surface area contributed by atoms with Crippen LogP contribution in [0.4, 0.5) is 0 Å². The van der Waals surface area contributed by atoms with E-state index in [0.717, 1.165) is 18.8 Å². The molecule has 1 aromatic heterocycles. The summed E-state index contributed by atoms with van der Waals surface area (Å²) < 4.78 is 10.6. The molecule has 0 unspecified atom stereocenters. The van der Waals surface area contributed by atoms with Crippen molar-refractivity contribution in [3.8, 4) is 5.75 Å². The second-order valence-corrected chi connectivity index (χ2v) is 5.20. The highest BCUT2D eigenvalue weighted by atomic mass is 32.1. The van der Waals surface area contributed by atoms with Crippen LogP contribution in [0.25, 0.3) is 0 Å². The number of rotatable bonds is 8. The molecule has 0 atom stereocenters. The fourth-order valence-corrected chi connectivity index (χ4v) is 2.41. The number of nitrogens with one attached hydrogen (secondary N) is 1. The molecule has 0 aliphatic rings. The van der Waals surface area contributed by atoms with Crippen LogP contribution < -0.4 is 10.1 Å². The number of ether oxygens (including phenoxy) is 2. The van der Waals surface area contributed by atoms with Crippen LogP contribution in [0.15, 0.2) is 41.8 Å². The van der Waals surface area contributed by atoms with E-state index in [1.165, 1.54) is 10.4 Å². The van der Waals surface area contributed by atoms with E-state index in [-0.39, 0.29) is 0 Å². The Kier molecular flexibility index (Phi) is 5.88. The highest BCUT2D eigenvalue weighted by Crippen LogP contribution is 2.14. The third-order valence-electron chi connectivity index (χ3n) is 2.66. The first-order chi connectivity index (χ1) is 9.38. The van der Waals surface area contributed by atoms with Gasteiger partial charge in [-0.1, -0.05) is 18.2 Å². The Morgan fingerprint density at radius 2 is 2.05 bits per heavy atom. The maximum atomic E-state index is 5.59. The van der Waals surface area contributed by atoms with E-state index < -0.39 is 0 Å². The molecule has 0 radical (unpaired) electrons. The summed E-state index contributed by atoms with van der Waals surface area (Å²) in [5.74, 6) is 0.896. The van der Waals surface area contributed by atoms with Gasteiger partial charge in [0.1, 0.15) is 12.4 Å². The topological polar surface area (TPSA) is 30.5 Å². The maximum Gasteiger partial charge on any atom is 0.119 e. The number of benzene rings is 1. The number of thiophene rings is 1. The van der Waals surface area contributed by atoms with Gasteiger partial charge in [0.15, 0.2) is 0 Å². The normalized spacial score (nSPS) is 10.6. The fourth-order valence-electron chi connectivity index (χ4n) is 1.73. The van der Waals surface area contributed by atoms with Gasteiger partial charge in [-0.15, -0.1) is 11.3 Å². The molecular weight excluding hydrogens is 258 g/mol. The Balaban J connectivity index is 1.78. The van der Waals surface area contributed by atoms with Crippen molar-refractivity contribution >= 4 is 11.3 Å². The molecule has 2 rings (SSSR count). The van der Waals surface area contributed by atoms with Crippen molar-refractivity contribution in [1.82, 2.24) is 5.32 Å². The molecular formula is C15H19NO2S. The van der Waals surface area contributed by atoms with Gasteiger partial charge in [0.05, 0.1) is 6.61 Å². The summed E-state index contributed by atoms with van der Waals surface area (Å²) in [4.78, 5) is 1.35. The van der Waals surface area contributed by atoms with E-state index in [9.17, 15) is 0 Å². The smallest absolute Gasteiger partial charge is 0.119 e. The lowest BCUT2D eigenvalue weighted by molar-refractivity contribution is 0.146. The Morgan fingerprint density at radius 1 is 1.11 bits per heavy atom. The standard InChI is InChI=1S/C15H19NO2S/c1-17-7-8-18-14-5-2-4-13(10-14)11-16-12-15-6-3-9-19-15/h2-6,9-10,16H,7-8,11-12H2,1H3. The quantitative estimate of drug-likeness (QED) is 0.752. The highest BCUT2D eigenvalue weighted by molar-refractivity contribution is 7.09. The van der Waals surface area contributed by atoms with Crippen molar-refractivity contribution in [3.05, 3.63) is 52.2 Å². The molecule has 0 saturated heterocycles. The Hall–Kier alpha value is -1.36. The van der Waals surface area contributed by atoms with Gasteiger partial charge in [0, 0.05) is 25.1 Å². The molecule has 0 aliphatic carbocycles. The Bertz CT molecular complexity index is 471. The molecule has 0 amide bonds. The zero-order valence-corrected chi connectivity index (χ0v) is 11.9. The van der Waals surface area contributed by atoms with Crippen molar-refractivity contribution < 1.29 is 9.47 Å². The summed E-state index contributed by atoms with van der Waals surface area (Å²) in [7, 11) is 1.67. The van der Waals surface area contributed by atoms with Crippen LogP contribution in [-0.4, -0.2) is 20.3 Å². The van der Waals surface area contributed by atoms with Crippen LogP contribution >= 0.6 is 11.3 Å². The predicted molar refractivity (Wildman–Crippen MR) is 78.7 cm³/mol. The molecule has 0 spiro atoms. The van der Waals surface area contributed by atoms with E-state index >= 15 is 0 Å². The average molecular weight is 277 g/mol. The minimum atomic E-state index is 0.586. The third-order valence-corrected chi connectivity index (χ3v) is 3.54. The summed E-state index contributed by atoms with van der Waals surface area (Å²) in [5, 5.41) is 5.53. The van der Waals surface area contributed by atoms with Crippen LogP contribution in [0.3, 0.4) is 0 Å². The summed E-state index contributed by atoms with van der Waals surface area (Å²) in [6, 6.07) is 12.4. The van der Waals surface area contributed by atoms with Gasteiger partial charge in [0.2, 0.25) is 0 Å². The van der Waals surface area contributed by atoms with E-state index in [2.05, 4.69) is 35.0 Å². The van der Waals surface area contributed by atoms with Crippen molar-refractivity contribution in [2.45, 2.75) is 13.1 Å². The minimum absolute atomic E-state index is 0.586. The fraction of sp³-hybridized carbons (Fsp3) is 0.333. The zero-order valence-electron chi connectivity index (χ0n) is 11.1. The molecule has 4 heteroatoms. The first kappa shape index (κ1) is 14.1. The molecule has 1 N–H and O–H groups in total. The van der Waals surface area contributed by atoms with E-state index in [1.807, 2.05) is 12.1 Å². The monoisotopic (exact) mass is 277 g/mol. The SMILES string of the molecule is COCCOc1cccc(CNCc2cccs2)c1. The average Bonchev–Trinajstić information content (AvgIpc) is 2.93. The molecule has 0 bridgehead atoms. The van der Waals surface area contributed by atoms with Crippen molar-refractivity contribution in [2.24, 2.45) is 0 Å². The second-order valence-electron chi connectivity index (χ2n) is 4.17. The number of hydrogen-bond acceptors (Lipinski definition) is 4. The van der Waals surface area contributed by atoms with Gasteiger partial charge in [-0.3, -0.25) is 0 Å². The second kappa shape index (κ2) is 7.94. The van der Waals surface area contributed by atoms with Crippen LogP contribution in [0.5, 0.6) is 5.75 Å². The van der Waals surface area contributed by atoms with Crippen LogP contribution in [0, 0.1) is 0 Å². The molecule has 0 saturated carbocycles. The molecule has 2 aromatic rings. The van der Waals surface area contributed by atoms with Crippen LogP contribution in [0.1, 0.15) is 10.4 Å². The Morgan fingerprint density at radius 3 is 2.84 bits per heavy atom. The number of methoxy groups -OCH3 is 1. The molecule has 19 heavy (non-hydrogen) atoms. The minimum Gasteiger partial charge on any atom is -0.491 e. The zero-order chi connectivity index (χ0) is 13.3. The van der Waals surface area contributed by atoms with Gasteiger partial charge in [-0.2, -0.15) is 0 Å². The van der Waals surface area contributed by atoms with Crippen molar-refractivity contribution in [1.29, 1.82) is 0 Å². The summed E-state index contributed by atoms with van der Waals surface area (Å²) in [6.07, 6.45) is 0. The van der Waals surface area contributed by atoms with Crippen molar-refractivity contribution in [3.63, 3.8) is 0 Å². The largest absolute Gasteiger partial charge is 0.491 e. The first-order valence-electron chi connectivity index (χ1n) is 6.32. The van der Waals surface area contributed by atoms with Gasteiger partial charge in [0.25, 0.3) is 0 Å². The molecule has 0 aliphatic heterocycles. The molecule has 102 valence electrons. The van der Waals surface area contributed by atoms with Crippen LogP contribution in [0.2, 0.25) is 0 Å². The molecule has 1 aromatic carbocycles. The number of hydrogen-bond donors (Lipinski definition) is 1. The predicted octanol–water partition coefficient (Wildman–Crippen LogP) is 3.06. The lowest BCUT2D eigenvalue weighted by Crippen LogP contribution is -2.12. The highest BCUT2D eigenvalue weighted by Gasteiger charge is 1.98. The van der Waals surface area contributed by atoms with Gasteiger partial charge in [-0.25, -0.2) is 0 Å². The van der Waals surface area contributed by atoms with E-state index in [4.69, 9.17) is 9.47 Å². The van der Waals surface area contributed by atoms with Gasteiger partial charge in [-0.05, 0) is 29.1 Å². The van der Waals surface area contributed by atoms with Crippen LogP contribution in [-0.2, 0) is 17.8 Å². The van der Waals surface area contributed by atoms with E-state index in [1.54, 1.807) is 18.4 Å². The third kappa shape index (κ3) is 5.03. The summed E-state index contributed by atoms with van der Waals surface area (Å²) in [5.41, 5.74) is 1.23. The lowest BCUT2D eigenvalue weighted by atomic mass is 10.2. The lowest BCUT2D eigenvalue weighted by Gasteiger charge is -2.08. The van der Waals surface area contributed by atoms with E-state index in [0.29, 0.717) is 13.2 Å². The molecule has 3 nitrogen and oxygen atoms in total. The van der Waals surface area contributed by atoms with Gasteiger partial charge >= 0.3 is 0 Å². The molecule has 1 heterocycles. The van der Waals surface area contributed by atoms with Crippen molar-refractivity contribution in [2.75, 3.05) is 20.3 Å². The first-order valence-corrected chi connectivity index (χ1v) is 7.20. The maximum absolute atomic E-state index is 5.59. The summed E-state index contributed by atoms with van der Waals surface area (Å²) in [6.45, 7) is 2.95.